The number of hydrogen-bond donors (Lipinski definition) is 1. The SMILES string of the molecule is CCOCCCN(CC(=O)N(Cc1ccccc1)Cc1cccn1C)C(=O)Nc1cccc(C(F)(F)F)c1. The number of aryl methyl sites for hydroxylation is 1. The number of amides is 3. The standard InChI is InChI=1S/C28H33F3N4O3/c1-3-38-17-9-16-34(27(37)32-24-13-7-12-23(18-24)28(29,30)31)21-26(36)35(19-22-10-5-4-6-11-22)20-25-14-8-15-33(25)2/h4-8,10-15,18H,3,9,16-17,19-21H2,1-2H3,(H,32,37). The molecule has 0 aliphatic carbocycles. The Labute approximate surface area is 220 Å². The summed E-state index contributed by atoms with van der Waals surface area (Å²) >= 11 is 0. The number of anilines is 1. The van der Waals surface area contributed by atoms with Crippen molar-refractivity contribution in [2.75, 3.05) is 31.6 Å². The number of urea groups is 1. The number of rotatable bonds is 12. The molecule has 10 heteroatoms. The quantitative estimate of drug-likeness (QED) is 0.313. The van der Waals surface area contributed by atoms with Crippen molar-refractivity contribution in [2.24, 2.45) is 7.05 Å². The van der Waals surface area contributed by atoms with Gasteiger partial charge in [0.25, 0.3) is 0 Å². The van der Waals surface area contributed by atoms with E-state index in [1.54, 1.807) is 4.90 Å². The molecule has 7 nitrogen and oxygen atoms in total. The van der Waals surface area contributed by atoms with Crippen molar-refractivity contribution in [1.29, 1.82) is 0 Å². The number of carbonyl (C=O) groups is 2. The number of benzene rings is 2. The third-order valence-corrected chi connectivity index (χ3v) is 5.95. The molecule has 3 amide bonds. The molecule has 1 aromatic heterocycles. The lowest BCUT2D eigenvalue weighted by molar-refractivity contribution is -0.137. The van der Waals surface area contributed by atoms with Crippen molar-refractivity contribution >= 4 is 17.6 Å². The summed E-state index contributed by atoms with van der Waals surface area (Å²) in [6.45, 7) is 3.37. The fourth-order valence-electron chi connectivity index (χ4n) is 3.89. The van der Waals surface area contributed by atoms with Crippen LogP contribution in [0, 0.1) is 0 Å². The van der Waals surface area contributed by atoms with Gasteiger partial charge in [0.1, 0.15) is 6.54 Å². The van der Waals surface area contributed by atoms with Crippen LogP contribution in [0.15, 0.2) is 72.9 Å². The van der Waals surface area contributed by atoms with E-state index in [-0.39, 0.29) is 24.7 Å². The Morgan fingerprint density at radius 3 is 2.39 bits per heavy atom. The van der Waals surface area contributed by atoms with E-state index < -0.39 is 17.8 Å². The van der Waals surface area contributed by atoms with Crippen LogP contribution in [0.25, 0.3) is 0 Å². The van der Waals surface area contributed by atoms with Gasteiger partial charge in [0.05, 0.1) is 12.1 Å². The fraction of sp³-hybridized carbons (Fsp3) is 0.357. The molecule has 3 rings (SSSR count). The molecule has 1 N–H and O–H groups in total. The highest BCUT2D eigenvalue weighted by atomic mass is 19.4. The number of halogens is 3. The van der Waals surface area contributed by atoms with E-state index in [9.17, 15) is 22.8 Å². The van der Waals surface area contributed by atoms with Crippen LogP contribution < -0.4 is 5.32 Å². The molecular formula is C28H33F3N4O3. The maximum Gasteiger partial charge on any atom is 0.416 e. The molecule has 2 aromatic carbocycles. The highest BCUT2D eigenvalue weighted by Gasteiger charge is 2.31. The van der Waals surface area contributed by atoms with Crippen LogP contribution in [0.2, 0.25) is 0 Å². The van der Waals surface area contributed by atoms with Gasteiger partial charge in [-0.1, -0.05) is 36.4 Å². The van der Waals surface area contributed by atoms with Crippen molar-refractivity contribution in [3.05, 3.63) is 89.7 Å². The van der Waals surface area contributed by atoms with E-state index in [1.807, 2.05) is 67.2 Å². The monoisotopic (exact) mass is 530 g/mol. The van der Waals surface area contributed by atoms with Crippen LogP contribution in [0.4, 0.5) is 23.7 Å². The maximum absolute atomic E-state index is 13.5. The summed E-state index contributed by atoms with van der Waals surface area (Å²) in [5.41, 5.74) is 0.986. The molecule has 0 fully saturated rings. The van der Waals surface area contributed by atoms with E-state index in [0.717, 1.165) is 23.4 Å². The largest absolute Gasteiger partial charge is 0.416 e. The van der Waals surface area contributed by atoms with Gasteiger partial charge in [-0.15, -0.1) is 0 Å². The Hall–Kier alpha value is -3.79. The first-order valence-electron chi connectivity index (χ1n) is 12.4. The first-order chi connectivity index (χ1) is 18.2. The molecule has 0 unspecified atom stereocenters. The second-order valence-corrected chi connectivity index (χ2v) is 8.83. The average molecular weight is 531 g/mol. The second-order valence-electron chi connectivity index (χ2n) is 8.83. The summed E-state index contributed by atoms with van der Waals surface area (Å²) in [5.74, 6) is -0.286. The summed E-state index contributed by atoms with van der Waals surface area (Å²) in [7, 11) is 1.89. The smallest absolute Gasteiger partial charge is 0.382 e. The molecule has 0 bridgehead atoms. The Morgan fingerprint density at radius 2 is 1.74 bits per heavy atom. The van der Waals surface area contributed by atoms with E-state index in [4.69, 9.17) is 4.74 Å². The van der Waals surface area contributed by atoms with E-state index >= 15 is 0 Å². The number of ether oxygens (including phenoxy) is 1. The number of alkyl halides is 3. The van der Waals surface area contributed by atoms with Crippen LogP contribution >= 0.6 is 0 Å². The normalized spacial score (nSPS) is 11.3. The lowest BCUT2D eigenvalue weighted by Gasteiger charge is -2.28. The molecule has 0 saturated carbocycles. The third kappa shape index (κ3) is 8.65. The lowest BCUT2D eigenvalue weighted by atomic mass is 10.2. The highest BCUT2D eigenvalue weighted by Crippen LogP contribution is 2.30. The molecular weight excluding hydrogens is 497 g/mol. The molecule has 0 aliphatic heterocycles. The van der Waals surface area contributed by atoms with Crippen LogP contribution in [-0.2, 0) is 35.8 Å². The third-order valence-electron chi connectivity index (χ3n) is 5.95. The van der Waals surface area contributed by atoms with Crippen molar-refractivity contribution in [3.63, 3.8) is 0 Å². The highest BCUT2D eigenvalue weighted by molar-refractivity contribution is 5.92. The number of nitrogens with one attached hydrogen (secondary N) is 1. The van der Waals surface area contributed by atoms with Crippen molar-refractivity contribution in [1.82, 2.24) is 14.4 Å². The Morgan fingerprint density at radius 1 is 0.974 bits per heavy atom. The summed E-state index contributed by atoms with van der Waals surface area (Å²) in [6.07, 6.45) is -2.18. The minimum atomic E-state index is -4.54. The van der Waals surface area contributed by atoms with E-state index in [0.29, 0.717) is 32.7 Å². The molecule has 38 heavy (non-hydrogen) atoms. The zero-order valence-electron chi connectivity index (χ0n) is 21.6. The van der Waals surface area contributed by atoms with Crippen LogP contribution in [0.1, 0.15) is 30.2 Å². The zero-order chi connectivity index (χ0) is 27.5. The van der Waals surface area contributed by atoms with Gasteiger partial charge in [0, 0.05) is 50.9 Å². The topological polar surface area (TPSA) is 66.8 Å². The van der Waals surface area contributed by atoms with Gasteiger partial charge in [-0.3, -0.25) is 4.79 Å². The molecule has 1 heterocycles. The van der Waals surface area contributed by atoms with Crippen LogP contribution in [0.3, 0.4) is 0 Å². The number of hydrogen-bond acceptors (Lipinski definition) is 3. The van der Waals surface area contributed by atoms with Crippen molar-refractivity contribution in [3.8, 4) is 0 Å². The minimum Gasteiger partial charge on any atom is -0.382 e. The first kappa shape index (κ1) is 28.8. The predicted octanol–water partition coefficient (Wildman–Crippen LogP) is 5.53. The van der Waals surface area contributed by atoms with Crippen molar-refractivity contribution in [2.45, 2.75) is 32.6 Å². The number of carbonyl (C=O) groups excluding carboxylic acids is 2. The van der Waals surface area contributed by atoms with Crippen LogP contribution in [0.5, 0.6) is 0 Å². The first-order valence-corrected chi connectivity index (χ1v) is 12.4. The molecule has 0 radical (unpaired) electrons. The molecule has 0 aliphatic rings. The van der Waals surface area contributed by atoms with Gasteiger partial charge in [-0.05, 0) is 49.2 Å². The number of aromatic nitrogens is 1. The van der Waals surface area contributed by atoms with Gasteiger partial charge in [-0.25, -0.2) is 4.79 Å². The molecule has 0 atom stereocenters. The Balaban J connectivity index is 1.78. The molecule has 204 valence electrons. The van der Waals surface area contributed by atoms with Gasteiger partial charge >= 0.3 is 12.2 Å². The second kappa shape index (κ2) is 13.7. The summed E-state index contributed by atoms with van der Waals surface area (Å²) in [5, 5.41) is 2.52. The summed E-state index contributed by atoms with van der Waals surface area (Å²) in [6, 6.07) is 17.1. The molecule has 3 aromatic rings. The average Bonchev–Trinajstić information content (AvgIpc) is 3.29. The van der Waals surface area contributed by atoms with E-state index in [1.165, 1.54) is 17.0 Å². The predicted molar refractivity (Wildman–Crippen MR) is 139 cm³/mol. The molecule has 0 saturated heterocycles. The minimum absolute atomic E-state index is 0.00275. The summed E-state index contributed by atoms with van der Waals surface area (Å²) < 4.78 is 46.7. The van der Waals surface area contributed by atoms with Crippen LogP contribution in [-0.4, -0.2) is 52.6 Å². The fourth-order valence-corrected chi connectivity index (χ4v) is 3.89. The van der Waals surface area contributed by atoms with E-state index in [2.05, 4.69) is 5.32 Å². The Bertz CT molecular complexity index is 1180. The van der Waals surface area contributed by atoms with Gasteiger partial charge in [-0.2, -0.15) is 13.2 Å². The number of nitrogens with zero attached hydrogens (tertiary/aromatic N) is 3. The zero-order valence-corrected chi connectivity index (χ0v) is 21.6. The van der Waals surface area contributed by atoms with Gasteiger partial charge in [0.2, 0.25) is 5.91 Å². The maximum atomic E-state index is 13.5. The van der Waals surface area contributed by atoms with Gasteiger partial charge in [0.15, 0.2) is 0 Å². The van der Waals surface area contributed by atoms with Crippen molar-refractivity contribution < 1.29 is 27.5 Å². The summed E-state index contributed by atoms with van der Waals surface area (Å²) in [4.78, 5) is 29.7. The lowest BCUT2D eigenvalue weighted by Crippen LogP contribution is -2.44. The van der Waals surface area contributed by atoms with Gasteiger partial charge < -0.3 is 24.4 Å². The Kier molecular flexibility index (Phi) is 10.3. The molecule has 0 spiro atoms.